The number of amides is 2. The van der Waals surface area contributed by atoms with Crippen molar-refractivity contribution in [2.24, 2.45) is 11.7 Å². The molecule has 0 radical (unpaired) electrons. The van der Waals surface area contributed by atoms with Crippen molar-refractivity contribution in [3.8, 4) is 0 Å². The van der Waals surface area contributed by atoms with E-state index >= 15 is 0 Å². The molecule has 0 saturated heterocycles. The molecule has 0 spiro atoms. The van der Waals surface area contributed by atoms with Crippen molar-refractivity contribution < 1.29 is 9.59 Å². The highest BCUT2D eigenvalue weighted by atomic mass is 16.2. The van der Waals surface area contributed by atoms with Crippen molar-refractivity contribution in [1.29, 1.82) is 0 Å². The number of nitrogens with two attached hydrogens (primary N) is 1. The standard InChI is InChI=1S/C12H25N3O2/c1-6-8(4)14-10(7(2)3)12(17)15-9(5)11(13)16/h7-10,14H,6H2,1-5H3,(H2,13,16)(H,15,17)/t8?,9-,10?/m0/s1. The van der Waals surface area contributed by atoms with E-state index in [9.17, 15) is 9.59 Å². The van der Waals surface area contributed by atoms with E-state index in [0.29, 0.717) is 0 Å². The van der Waals surface area contributed by atoms with Crippen LogP contribution in [0.5, 0.6) is 0 Å². The summed E-state index contributed by atoms with van der Waals surface area (Å²) in [5.74, 6) is -0.542. The van der Waals surface area contributed by atoms with Gasteiger partial charge in [-0.1, -0.05) is 20.8 Å². The third kappa shape index (κ3) is 5.68. The maximum absolute atomic E-state index is 12.0. The number of hydrogen-bond acceptors (Lipinski definition) is 3. The van der Waals surface area contributed by atoms with Crippen LogP contribution in [-0.4, -0.2) is 29.9 Å². The normalized spacial score (nSPS) is 16.4. The molecule has 0 aromatic heterocycles. The third-order valence-electron chi connectivity index (χ3n) is 2.81. The molecule has 0 aromatic rings. The van der Waals surface area contributed by atoms with Gasteiger partial charge in [-0.3, -0.25) is 9.59 Å². The smallest absolute Gasteiger partial charge is 0.239 e. The lowest BCUT2D eigenvalue weighted by atomic mass is 10.0. The molecule has 5 heteroatoms. The van der Waals surface area contributed by atoms with E-state index in [1.165, 1.54) is 0 Å². The second kappa shape index (κ2) is 7.27. The summed E-state index contributed by atoms with van der Waals surface area (Å²) >= 11 is 0. The maximum atomic E-state index is 12.0. The molecule has 0 aliphatic carbocycles. The predicted octanol–water partition coefficient (Wildman–Crippen LogP) is 0.389. The van der Waals surface area contributed by atoms with Crippen molar-refractivity contribution in [3.63, 3.8) is 0 Å². The minimum atomic E-state index is -0.637. The zero-order valence-electron chi connectivity index (χ0n) is 11.4. The average Bonchev–Trinajstić information content (AvgIpc) is 2.24. The summed E-state index contributed by atoms with van der Waals surface area (Å²) in [6.45, 7) is 9.60. The molecule has 0 aliphatic heterocycles. The summed E-state index contributed by atoms with van der Waals surface area (Å²) in [6.07, 6.45) is 0.946. The van der Waals surface area contributed by atoms with Crippen molar-refractivity contribution in [3.05, 3.63) is 0 Å². The van der Waals surface area contributed by atoms with E-state index < -0.39 is 11.9 Å². The minimum absolute atomic E-state index is 0.157. The Morgan fingerprint density at radius 3 is 2.06 bits per heavy atom. The Kier molecular flexibility index (Phi) is 6.80. The van der Waals surface area contributed by atoms with Gasteiger partial charge in [-0.25, -0.2) is 0 Å². The van der Waals surface area contributed by atoms with Gasteiger partial charge in [-0.2, -0.15) is 0 Å². The molecule has 0 rings (SSSR count). The van der Waals surface area contributed by atoms with Gasteiger partial charge in [0.25, 0.3) is 0 Å². The molecule has 5 nitrogen and oxygen atoms in total. The summed E-state index contributed by atoms with van der Waals surface area (Å²) in [7, 11) is 0. The van der Waals surface area contributed by atoms with E-state index in [0.717, 1.165) is 6.42 Å². The van der Waals surface area contributed by atoms with Gasteiger partial charge in [0.15, 0.2) is 0 Å². The Morgan fingerprint density at radius 1 is 1.18 bits per heavy atom. The highest BCUT2D eigenvalue weighted by Crippen LogP contribution is 2.05. The number of carbonyl (C=O) groups excluding carboxylic acids is 2. The third-order valence-corrected chi connectivity index (χ3v) is 2.81. The number of rotatable bonds is 7. The fraction of sp³-hybridized carbons (Fsp3) is 0.833. The molecule has 3 atom stereocenters. The summed E-state index contributed by atoms with van der Waals surface area (Å²) in [4.78, 5) is 22.9. The quantitative estimate of drug-likeness (QED) is 0.604. The van der Waals surface area contributed by atoms with Crippen molar-refractivity contribution in [2.45, 2.75) is 59.2 Å². The van der Waals surface area contributed by atoms with Gasteiger partial charge >= 0.3 is 0 Å². The van der Waals surface area contributed by atoms with Crippen LogP contribution >= 0.6 is 0 Å². The monoisotopic (exact) mass is 243 g/mol. The summed E-state index contributed by atoms with van der Waals surface area (Å²) in [5.41, 5.74) is 5.11. The average molecular weight is 243 g/mol. The van der Waals surface area contributed by atoms with Crippen LogP contribution in [0.4, 0.5) is 0 Å². The van der Waals surface area contributed by atoms with Gasteiger partial charge in [0, 0.05) is 6.04 Å². The summed E-state index contributed by atoms with van der Waals surface area (Å²) < 4.78 is 0. The van der Waals surface area contributed by atoms with E-state index in [4.69, 9.17) is 5.73 Å². The highest BCUT2D eigenvalue weighted by Gasteiger charge is 2.25. The van der Waals surface area contributed by atoms with Crippen molar-refractivity contribution in [1.82, 2.24) is 10.6 Å². The molecule has 0 fully saturated rings. The molecular weight excluding hydrogens is 218 g/mol. The Bertz CT molecular complexity index is 266. The topological polar surface area (TPSA) is 84.2 Å². The second-order valence-electron chi connectivity index (χ2n) is 4.83. The molecule has 0 aliphatic rings. The number of nitrogens with one attached hydrogen (secondary N) is 2. The molecular formula is C12H25N3O2. The lowest BCUT2D eigenvalue weighted by Crippen LogP contribution is -2.54. The van der Waals surface area contributed by atoms with Crippen LogP contribution in [0.2, 0.25) is 0 Å². The first kappa shape index (κ1) is 15.9. The van der Waals surface area contributed by atoms with Crippen molar-refractivity contribution in [2.75, 3.05) is 0 Å². The minimum Gasteiger partial charge on any atom is -0.368 e. The van der Waals surface area contributed by atoms with Gasteiger partial charge < -0.3 is 16.4 Å². The Balaban J connectivity index is 4.50. The highest BCUT2D eigenvalue weighted by molar-refractivity contribution is 5.88. The van der Waals surface area contributed by atoms with Gasteiger partial charge in [-0.15, -0.1) is 0 Å². The first-order chi connectivity index (χ1) is 7.79. The fourth-order valence-electron chi connectivity index (χ4n) is 1.37. The van der Waals surface area contributed by atoms with E-state index in [-0.39, 0.29) is 23.9 Å². The zero-order valence-corrected chi connectivity index (χ0v) is 11.4. The lowest BCUT2D eigenvalue weighted by molar-refractivity contribution is -0.129. The predicted molar refractivity (Wildman–Crippen MR) is 68.3 cm³/mol. The molecule has 4 N–H and O–H groups in total. The van der Waals surface area contributed by atoms with Crippen LogP contribution in [0, 0.1) is 5.92 Å². The first-order valence-corrected chi connectivity index (χ1v) is 6.15. The van der Waals surface area contributed by atoms with Crippen LogP contribution in [0.3, 0.4) is 0 Å². The molecule has 0 heterocycles. The molecule has 2 amide bonds. The van der Waals surface area contributed by atoms with Crippen LogP contribution < -0.4 is 16.4 Å². The largest absolute Gasteiger partial charge is 0.368 e. The Labute approximate surface area is 104 Å². The molecule has 17 heavy (non-hydrogen) atoms. The van der Waals surface area contributed by atoms with Crippen LogP contribution in [0.1, 0.15) is 41.0 Å². The molecule has 0 aromatic carbocycles. The summed E-state index contributed by atoms with van der Waals surface area (Å²) in [5, 5.41) is 5.86. The number of primary amides is 1. The zero-order chi connectivity index (χ0) is 13.6. The van der Waals surface area contributed by atoms with E-state index in [1.54, 1.807) is 6.92 Å². The van der Waals surface area contributed by atoms with Gasteiger partial charge in [0.1, 0.15) is 6.04 Å². The van der Waals surface area contributed by atoms with E-state index in [1.807, 2.05) is 20.8 Å². The summed E-state index contributed by atoms with van der Waals surface area (Å²) in [6, 6.07) is -0.675. The fourth-order valence-corrected chi connectivity index (χ4v) is 1.37. The maximum Gasteiger partial charge on any atom is 0.239 e. The molecule has 100 valence electrons. The van der Waals surface area contributed by atoms with Gasteiger partial charge in [-0.05, 0) is 26.2 Å². The molecule has 2 unspecified atom stereocenters. The molecule has 0 saturated carbocycles. The Hall–Kier alpha value is -1.10. The Morgan fingerprint density at radius 2 is 1.71 bits per heavy atom. The van der Waals surface area contributed by atoms with E-state index in [2.05, 4.69) is 17.6 Å². The lowest BCUT2D eigenvalue weighted by Gasteiger charge is -2.26. The number of hydrogen-bond donors (Lipinski definition) is 3. The van der Waals surface area contributed by atoms with Gasteiger partial charge in [0.2, 0.25) is 11.8 Å². The molecule has 0 bridgehead atoms. The van der Waals surface area contributed by atoms with Crippen LogP contribution in [0.15, 0.2) is 0 Å². The first-order valence-electron chi connectivity index (χ1n) is 6.15. The van der Waals surface area contributed by atoms with Gasteiger partial charge in [0.05, 0.1) is 6.04 Å². The van der Waals surface area contributed by atoms with Crippen LogP contribution in [-0.2, 0) is 9.59 Å². The van der Waals surface area contributed by atoms with Crippen molar-refractivity contribution >= 4 is 11.8 Å². The SMILES string of the molecule is CCC(C)NC(C(=O)N[C@@H](C)C(N)=O)C(C)C. The van der Waals surface area contributed by atoms with Crippen LogP contribution in [0.25, 0.3) is 0 Å². The second-order valence-corrected chi connectivity index (χ2v) is 4.83. The number of carbonyl (C=O) groups is 2.